The third-order valence-corrected chi connectivity index (χ3v) is 3.55. The van der Waals surface area contributed by atoms with Crippen molar-refractivity contribution < 1.29 is 4.79 Å². The minimum Gasteiger partial charge on any atom is -0.322 e. The SMILES string of the molecule is O=C(Nc1ccccc1)c1c[nH]n2c(=O)cc(-c3ccn[nH]3)nc12. The molecule has 118 valence electrons. The van der Waals surface area contributed by atoms with Gasteiger partial charge in [0.1, 0.15) is 5.56 Å². The number of hydrogen-bond donors (Lipinski definition) is 3. The zero-order chi connectivity index (χ0) is 16.5. The predicted molar refractivity (Wildman–Crippen MR) is 87.8 cm³/mol. The lowest BCUT2D eigenvalue weighted by molar-refractivity contribution is 0.102. The molecule has 0 unspecified atom stereocenters. The Morgan fingerprint density at radius 1 is 1.17 bits per heavy atom. The van der Waals surface area contributed by atoms with E-state index in [4.69, 9.17) is 0 Å². The van der Waals surface area contributed by atoms with Gasteiger partial charge in [0.15, 0.2) is 5.65 Å². The molecule has 1 aromatic carbocycles. The summed E-state index contributed by atoms with van der Waals surface area (Å²) in [5.41, 5.74) is 1.89. The van der Waals surface area contributed by atoms with Crippen LogP contribution in [0.5, 0.6) is 0 Å². The molecule has 8 heteroatoms. The maximum Gasteiger partial charge on any atom is 0.273 e. The number of fused-ring (bicyclic) bond motifs is 1. The number of para-hydroxylation sites is 1. The summed E-state index contributed by atoms with van der Waals surface area (Å²) in [6.07, 6.45) is 3.03. The number of rotatable bonds is 3. The van der Waals surface area contributed by atoms with Gasteiger partial charge in [0.2, 0.25) is 0 Å². The summed E-state index contributed by atoms with van der Waals surface area (Å²) >= 11 is 0. The number of hydrogen-bond acceptors (Lipinski definition) is 4. The molecule has 0 radical (unpaired) electrons. The third kappa shape index (κ3) is 2.35. The molecular weight excluding hydrogens is 308 g/mol. The number of H-pyrrole nitrogens is 2. The monoisotopic (exact) mass is 320 g/mol. The fourth-order valence-electron chi connectivity index (χ4n) is 2.40. The molecule has 1 amide bonds. The van der Waals surface area contributed by atoms with Crippen molar-refractivity contribution in [3.8, 4) is 11.4 Å². The van der Waals surface area contributed by atoms with Crippen LogP contribution < -0.4 is 10.9 Å². The van der Waals surface area contributed by atoms with Gasteiger partial charge in [-0.15, -0.1) is 0 Å². The summed E-state index contributed by atoms with van der Waals surface area (Å²) in [7, 11) is 0. The number of carbonyl (C=O) groups is 1. The molecule has 0 saturated carbocycles. The van der Waals surface area contributed by atoms with E-state index in [0.717, 1.165) is 0 Å². The molecule has 0 aliphatic heterocycles. The van der Waals surface area contributed by atoms with Crippen LogP contribution in [0.25, 0.3) is 17.0 Å². The summed E-state index contributed by atoms with van der Waals surface area (Å²) in [4.78, 5) is 29.1. The Hall–Kier alpha value is -3.68. The first-order valence-electron chi connectivity index (χ1n) is 7.20. The van der Waals surface area contributed by atoms with Crippen molar-refractivity contribution in [2.24, 2.45) is 0 Å². The Kier molecular flexibility index (Phi) is 3.20. The van der Waals surface area contributed by atoms with Crippen LogP contribution in [0.15, 0.2) is 59.7 Å². The van der Waals surface area contributed by atoms with Crippen LogP contribution in [0.3, 0.4) is 0 Å². The number of anilines is 1. The molecule has 0 atom stereocenters. The molecule has 0 aliphatic carbocycles. The summed E-state index contributed by atoms with van der Waals surface area (Å²) in [6.45, 7) is 0. The summed E-state index contributed by atoms with van der Waals surface area (Å²) < 4.78 is 1.22. The average Bonchev–Trinajstić information content (AvgIpc) is 3.25. The first-order valence-corrected chi connectivity index (χ1v) is 7.20. The van der Waals surface area contributed by atoms with Gasteiger partial charge in [0.05, 0.1) is 11.4 Å². The summed E-state index contributed by atoms with van der Waals surface area (Å²) in [5.74, 6) is -0.353. The number of amides is 1. The minimum absolute atomic E-state index is 0.250. The van der Waals surface area contributed by atoms with Gasteiger partial charge in [-0.05, 0) is 18.2 Å². The van der Waals surface area contributed by atoms with Crippen molar-refractivity contribution in [3.05, 3.63) is 70.8 Å². The fraction of sp³-hybridized carbons (Fsp3) is 0. The van der Waals surface area contributed by atoms with E-state index in [1.54, 1.807) is 24.4 Å². The molecule has 8 nitrogen and oxygen atoms in total. The van der Waals surface area contributed by atoms with Crippen LogP contribution in [-0.2, 0) is 0 Å². The lowest BCUT2D eigenvalue weighted by Crippen LogP contribution is -2.16. The van der Waals surface area contributed by atoms with E-state index in [-0.39, 0.29) is 22.7 Å². The minimum atomic E-state index is -0.353. The van der Waals surface area contributed by atoms with Gasteiger partial charge >= 0.3 is 0 Å². The molecule has 4 rings (SSSR count). The second-order valence-corrected chi connectivity index (χ2v) is 5.12. The third-order valence-electron chi connectivity index (χ3n) is 3.55. The smallest absolute Gasteiger partial charge is 0.273 e. The molecule has 4 aromatic rings. The number of carbonyl (C=O) groups excluding carboxylic acids is 1. The first kappa shape index (κ1) is 13.9. The van der Waals surface area contributed by atoms with Crippen LogP contribution in [0.4, 0.5) is 5.69 Å². The fourth-order valence-corrected chi connectivity index (χ4v) is 2.40. The lowest BCUT2D eigenvalue weighted by Gasteiger charge is -2.04. The Balaban J connectivity index is 1.79. The average molecular weight is 320 g/mol. The molecule has 0 aliphatic rings. The molecular formula is C16H12N6O2. The van der Waals surface area contributed by atoms with Gasteiger partial charge in [0, 0.05) is 24.1 Å². The van der Waals surface area contributed by atoms with E-state index < -0.39 is 0 Å². The lowest BCUT2D eigenvalue weighted by atomic mass is 10.2. The van der Waals surface area contributed by atoms with E-state index in [9.17, 15) is 9.59 Å². The Bertz CT molecular complexity index is 1060. The Labute approximate surface area is 135 Å². The van der Waals surface area contributed by atoms with Crippen molar-refractivity contribution in [1.29, 1.82) is 0 Å². The van der Waals surface area contributed by atoms with Crippen molar-refractivity contribution in [3.63, 3.8) is 0 Å². The molecule has 3 N–H and O–H groups in total. The van der Waals surface area contributed by atoms with E-state index in [2.05, 4.69) is 25.6 Å². The Morgan fingerprint density at radius 2 is 2.00 bits per heavy atom. The molecule has 3 aromatic heterocycles. The number of aromatic amines is 2. The van der Waals surface area contributed by atoms with E-state index in [1.165, 1.54) is 16.8 Å². The number of nitrogens with zero attached hydrogens (tertiary/aromatic N) is 3. The summed E-state index contributed by atoms with van der Waals surface area (Å²) in [6, 6.07) is 12.1. The standard InChI is InChI=1S/C16H12N6O2/c23-14-8-13(12-6-7-17-21-12)20-15-11(9-18-22(14)15)16(24)19-10-4-2-1-3-5-10/h1-9,18H,(H,17,21)(H,19,24). The highest BCUT2D eigenvalue weighted by Crippen LogP contribution is 2.16. The second-order valence-electron chi connectivity index (χ2n) is 5.12. The van der Waals surface area contributed by atoms with Gasteiger partial charge < -0.3 is 5.32 Å². The van der Waals surface area contributed by atoms with Crippen molar-refractivity contribution in [2.45, 2.75) is 0 Å². The topological polar surface area (TPSA) is 108 Å². The van der Waals surface area contributed by atoms with Crippen LogP contribution in [-0.4, -0.2) is 30.7 Å². The van der Waals surface area contributed by atoms with Crippen molar-refractivity contribution >= 4 is 17.2 Å². The maximum atomic E-state index is 12.5. The van der Waals surface area contributed by atoms with Crippen LogP contribution in [0.2, 0.25) is 0 Å². The number of benzene rings is 1. The van der Waals surface area contributed by atoms with E-state index in [0.29, 0.717) is 17.1 Å². The molecule has 0 spiro atoms. The van der Waals surface area contributed by atoms with Gasteiger partial charge in [-0.3, -0.25) is 19.8 Å². The molecule has 3 heterocycles. The van der Waals surface area contributed by atoms with E-state index >= 15 is 0 Å². The summed E-state index contributed by atoms with van der Waals surface area (Å²) in [5, 5.41) is 12.1. The van der Waals surface area contributed by atoms with Gasteiger partial charge in [-0.2, -0.15) is 5.10 Å². The predicted octanol–water partition coefficient (Wildman–Crippen LogP) is 1.66. The highest BCUT2D eigenvalue weighted by Gasteiger charge is 2.16. The molecule has 0 fully saturated rings. The molecule has 0 bridgehead atoms. The molecule has 24 heavy (non-hydrogen) atoms. The Morgan fingerprint density at radius 3 is 2.75 bits per heavy atom. The number of aromatic nitrogens is 5. The van der Waals surface area contributed by atoms with Crippen LogP contribution >= 0.6 is 0 Å². The largest absolute Gasteiger partial charge is 0.322 e. The maximum absolute atomic E-state index is 12.5. The van der Waals surface area contributed by atoms with E-state index in [1.807, 2.05) is 18.2 Å². The van der Waals surface area contributed by atoms with Crippen molar-refractivity contribution in [2.75, 3.05) is 5.32 Å². The molecule has 0 saturated heterocycles. The second kappa shape index (κ2) is 5.51. The highest BCUT2D eigenvalue weighted by atomic mass is 16.2. The van der Waals surface area contributed by atoms with Crippen molar-refractivity contribution in [1.82, 2.24) is 24.8 Å². The van der Waals surface area contributed by atoms with Crippen LogP contribution in [0.1, 0.15) is 10.4 Å². The van der Waals surface area contributed by atoms with Gasteiger partial charge in [-0.25, -0.2) is 9.50 Å². The zero-order valence-electron chi connectivity index (χ0n) is 12.4. The van der Waals surface area contributed by atoms with Gasteiger partial charge in [0.25, 0.3) is 11.5 Å². The van der Waals surface area contributed by atoms with Gasteiger partial charge in [-0.1, -0.05) is 18.2 Å². The first-order chi connectivity index (χ1) is 11.7. The number of nitrogens with one attached hydrogen (secondary N) is 3. The quantitative estimate of drug-likeness (QED) is 0.533. The van der Waals surface area contributed by atoms with Crippen LogP contribution in [0, 0.1) is 0 Å². The highest BCUT2D eigenvalue weighted by molar-refractivity contribution is 6.08. The zero-order valence-corrected chi connectivity index (χ0v) is 12.4. The normalized spacial score (nSPS) is 10.8.